The van der Waals surface area contributed by atoms with Crippen LogP contribution in [-0.4, -0.2) is 4.32 Å². The van der Waals surface area contributed by atoms with Gasteiger partial charge in [-0.2, -0.15) is 0 Å². The molecule has 0 nitrogen and oxygen atoms in total. The van der Waals surface area contributed by atoms with Crippen molar-refractivity contribution in [1.82, 2.24) is 0 Å². The molecule has 2 heteroatoms. The van der Waals surface area contributed by atoms with E-state index in [1.54, 1.807) is 0 Å². The summed E-state index contributed by atoms with van der Waals surface area (Å²) in [6.07, 6.45) is 0. The van der Waals surface area contributed by atoms with E-state index >= 15 is 0 Å². The van der Waals surface area contributed by atoms with Gasteiger partial charge in [-0.15, -0.1) is 0 Å². The fraction of sp³-hybridized carbons (Fsp3) is 0.600. The van der Waals surface area contributed by atoms with Crippen LogP contribution in [0.4, 0.5) is 0 Å². The van der Waals surface area contributed by atoms with Crippen LogP contribution in [0.3, 0.4) is 0 Å². The Labute approximate surface area is 60.9 Å². The highest BCUT2D eigenvalue weighted by atomic mass is 79.9. The molecule has 0 saturated carbocycles. The number of alkyl halides is 1. The Morgan fingerprint density at radius 3 is 1.86 bits per heavy atom. The molecule has 0 unspecified atom stereocenters. The molecule has 0 aromatic rings. The quantitative estimate of drug-likeness (QED) is 0.439. The number of rotatable bonds is 0. The Balaban J connectivity index is 3.72. The minimum Gasteiger partial charge on any atom is -0.0729 e. The lowest BCUT2D eigenvalue weighted by atomic mass is 10.2. The Bertz CT molecular complexity index is 99.5. The topological polar surface area (TPSA) is 0 Å². The summed E-state index contributed by atoms with van der Waals surface area (Å²) in [5.41, 5.74) is 0. The lowest BCUT2D eigenvalue weighted by Crippen LogP contribution is -2.02. The van der Waals surface area contributed by atoms with Crippen molar-refractivity contribution in [3.63, 3.8) is 0 Å². The first-order chi connectivity index (χ1) is 3.06. The van der Waals surface area contributed by atoms with Crippen molar-refractivity contribution in [2.45, 2.75) is 18.2 Å². The number of halogens is 2. The Morgan fingerprint density at radius 1 is 1.43 bits per heavy atom. The van der Waals surface area contributed by atoms with Gasteiger partial charge < -0.3 is 0 Å². The maximum Gasteiger partial charge on any atom is 0.0815 e. The molecule has 0 aliphatic rings. The van der Waals surface area contributed by atoms with Crippen LogP contribution in [0.15, 0.2) is 0 Å². The predicted octanol–water partition coefficient (Wildman–Crippen LogP) is 2.52. The van der Waals surface area contributed by atoms with Gasteiger partial charge in [0.1, 0.15) is 0 Å². The maximum atomic E-state index is 3.34. The summed E-state index contributed by atoms with van der Waals surface area (Å²) < 4.78 is -0.0451. The average Bonchev–Trinajstić information content (AvgIpc) is 1.30. The van der Waals surface area contributed by atoms with Crippen LogP contribution in [-0.2, 0) is 0 Å². The lowest BCUT2D eigenvalue weighted by molar-refractivity contribution is 0.958. The molecule has 0 heterocycles. The molecule has 0 saturated heterocycles. The van der Waals surface area contributed by atoms with Crippen LogP contribution in [0.2, 0.25) is 0 Å². The third-order valence-electron chi connectivity index (χ3n) is 0.344. The van der Waals surface area contributed by atoms with E-state index in [0.717, 1.165) is 0 Å². The SMILES string of the molecule is CC(C)(Br)C#CBr. The van der Waals surface area contributed by atoms with Crippen molar-refractivity contribution in [2.75, 3.05) is 0 Å². The van der Waals surface area contributed by atoms with Crippen molar-refractivity contribution in [2.24, 2.45) is 0 Å². The maximum absolute atomic E-state index is 3.34. The second kappa shape index (κ2) is 2.74. The molecule has 0 amide bonds. The van der Waals surface area contributed by atoms with Gasteiger partial charge in [-0.25, -0.2) is 0 Å². The third kappa shape index (κ3) is 6.52. The third-order valence-corrected chi connectivity index (χ3v) is 0.741. The van der Waals surface area contributed by atoms with Crippen LogP contribution in [0.5, 0.6) is 0 Å². The zero-order valence-corrected chi connectivity index (χ0v) is 7.43. The minimum absolute atomic E-state index is 0.0451. The van der Waals surface area contributed by atoms with E-state index < -0.39 is 0 Å². The normalized spacial score (nSPS) is 9.71. The monoisotopic (exact) mass is 224 g/mol. The second-order valence-corrected chi connectivity index (χ2v) is 4.07. The zero-order chi connectivity index (χ0) is 5.91. The Kier molecular flexibility index (Phi) is 2.94. The zero-order valence-electron chi connectivity index (χ0n) is 4.26. The summed E-state index contributed by atoms with van der Waals surface area (Å²) in [5.74, 6) is 2.87. The first-order valence-corrected chi connectivity index (χ1v) is 3.46. The molecule has 40 valence electrons. The molecule has 0 bridgehead atoms. The van der Waals surface area contributed by atoms with E-state index in [1.165, 1.54) is 0 Å². The van der Waals surface area contributed by atoms with Crippen molar-refractivity contribution < 1.29 is 0 Å². The van der Waals surface area contributed by atoms with Gasteiger partial charge in [-0.05, 0) is 18.7 Å². The first kappa shape index (κ1) is 7.52. The van der Waals surface area contributed by atoms with E-state index in [-0.39, 0.29) is 4.32 Å². The number of hydrogen-bond donors (Lipinski definition) is 0. The van der Waals surface area contributed by atoms with Gasteiger partial charge in [0, 0.05) is 15.9 Å². The predicted molar refractivity (Wildman–Crippen MR) is 39.7 cm³/mol. The molecule has 0 aliphatic carbocycles. The Hall–Kier alpha value is 0.520. The van der Waals surface area contributed by atoms with E-state index in [1.807, 2.05) is 13.8 Å². The minimum atomic E-state index is -0.0451. The van der Waals surface area contributed by atoms with E-state index in [2.05, 4.69) is 42.6 Å². The molecule has 0 atom stereocenters. The van der Waals surface area contributed by atoms with Crippen LogP contribution >= 0.6 is 31.9 Å². The van der Waals surface area contributed by atoms with Crippen LogP contribution in [0, 0.1) is 10.8 Å². The highest BCUT2D eigenvalue weighted by Gasteiger charge is 2.04. The first-order valence-electron chi connectivity index (χ1n) is 1.88. The standard InChI is InChI=1S/C5H6Br2/c1-5(2,7)3-4-6/h1-2H3. The summed E-state index contributed by atoms with van der Waals surface area (Å²) in [4.78, 5) is 2.62. The molecule has 0 aromatic heterocycles. The fourth-order valence-corrected chi connectivity index (χ4v) is 0.973. The summed E-state index contributed by atoms with van der Waals surface area (Å²) in [7, 11) is 0. The van der Waals surface area contributed by atoms with Gasteiger partial charge in [-0.3, -0.25) is 0 Å². The van der Waals surface area contributed by atoms with Crippen LogP contribution < -0.4 is 0 Å². The summed E-state index contributed by atoms with van der Waals surface area (Å²) in [5, 5.41) is 0. The smallest absolute Gasteiger partial charge is 0.0729 e. The molecule has 0 aliphatic heterocycles. The van der Waals surface area contributed by atoms with Gasteiger partial charge >= 0.3 is 0 Å². The number of hydrogen-bond acceptors (Lipinski definition) is 0. The van der Waals surface area contributed by atoms with Gasteiger partial charge in [0.15, 0.2) is 0 Å². The van der Waals surface area contributed by atoms with Crippen LogP contribution in [0.1, 0.15) is 13.8 Å². The largest absolute Gasteiger partial charge is 0.0815 e. The van der Waals surface area contributed by atoms with Gasteiger partial charge in [0.05, 0.1) is 4.32 Å². The molecule has 0 fully saturated rings. The molecule has 0 N–H and O–H groups in total. The molecule has 7 heavy (non-hydrogen) atoms. The molecule has 0 aromatic carbocycles. The molecule has 0 spiro atoms. The Morgan fingerprint density at radius 2 is 1.86 bits per heavy atom. The van der Waals surface area contributed by atoms with Crippen molar-refractivity contribution >= 4 is 31.9 Å². The van der Waals surface area contributed by atoms with Crippen LogP contribution in [0.25, 0.3) is 0 Å². The summed E-state index contributed by atoms with van der Waals surface area (Å²) in [6, 6.07) is 0. The van der Waals surface area contributed by atoms with Crippen molar-refractivity contribution in [3.8, 4) is 10.8 Å². The van der Waals surface area contributed by atoms with Crippen molar-refractivity contribution in [1.29, 1.82) is 0 Å². The van der Waals surface area contributed by atoms with Gasteiger partial charge in [-0.1, -0.05) is 21.9 Å². The fourth-order valence-electron chi connectivity index (χ4n) is 0.112. The summed E-state index contributed by atoms with van der Waals surface area (Å²) >= 11 is 6.33. The van der Waals surface area contributed by atoms with E-state index in [9.17, 15) is 0 Å². The highest BCUT2D eigenvalue weighted by molar-refractivity contribution is 9.12. The van der Waals surface area contributed by atoms with Gasteiger partial charge in [0.2, 0.25) is 0 Å². The lowest BCUT2D eigenvalue weighted by Gasteiger charge is -2.02. The molecular weight excluding hydrogens is 220 g/mol. The molecule has 0 radical (unpaired) electrons. The van der Waals surface area contributed by atoms with E-state index in [4.69, 9.17) is 0 Å². The molecular formula is C5H6Br2. The van der Waals surface area contributed by atoms with E-state index in [0.29, 0.717) is 0 Å². The van der Waals surface area contributed by atoms with Crippen molar-refractivity contribution in [3.05, 3.63) is 0 Å². The average molecular weight is 226 g/mol. The second-order valence-electron chi connectivity index (χ2n) is 1.69. The highest BCUT2D eigenvalue weighted by Crippen LogP contribution is 2.13. The van der Waals surface area contributed by atoms with Gasteiger partial charge in [0.25, 0.3) is 0 Å². The summed E-state index contributed by atoms with van der Waals surface area (Å²) in [6.45, 7) is 3.97. The molecule has 0 rings (SSSR count).